The second-order valence-corrected chi connectivity index (χ2v) is 4.77. The lowest BCUT2D eigenvalue weighted by molar-refractivity contribution is -0.672. The van der Waals surface area contributed by atoms with Gasteiger partial charge in [-0.25, -0.2) is 0 Å². The van der Waals surface area contributed by atoms with Gasteiger partial charge in [0.05, 0.1) is 6.20 Å². The molecule has 0 spiro atoms. The van der Waals surface area contributed by atoms with Crippen LogP contribution in [0.3, 0.4) is 0 Å². The Kier molecular flexibility index (Phi) is 2.98. The molecule has 1 amide bonds. The van der Waals surface area contributed by atoms with E-state index in [1.54, 1.807) is 6.07 Å². The molecule has 0 saturated heterocycles. The van der Waals surface area contributed by atoms with Gasteiger partial charge in [-0.1, -0.05) is 10.7 Å². The van der Waals surface area contributed by atoms with Crippen molar-refractivity contribution >= 4 is 16.3 Å². The number of aromatic nitrogens is 3. The average molecular weight is 268 g/mol. The third-order valence-electron chi connectivity index (χ3n) is 2.00. The quantitative estimate of drug-likeness (QED) is 0.614. The van der Waals surface area contributed by atoms with Crippen LogP contribution in [0, 0.1) is 0 Å². The van der Waals surface area contributed by atoms with Crippen molar-refractivity contribution in [1.29, 1.82) is 0 Å². The summed E-state index contributed by atoms with van der Waals surface area (Å²) < 4.78 is 25.5. The molecule has 0 fully saturated rings. The van der Waals surface area contributed by atoms with Crippen LogP contribution in [0.15, 0.2) is 49.1 Å². The van der Waals surface area contributed by atoms with Crippen LogP contribution in [-0.2, 0) is 10.2 Å². The van der Waals surface area contributed by atoms with Crippen molar-refractivity contribution in [2.75, 3.05) is 4.41 Å². The summed E-state index contributed by atoms with van der Waals surface area (Å²) in [5.74, 6) is 0. The van der Waals surface area contributed by atoms with Crippen LogP contribution >= 0.6 is 0 Å². The van der Waals surface area contributed by atoms with E-state index in [0.29, 0.717) is 4.09 Å². The smallest absolute Gasteiger partial charge is 0.396 e. The zero-order valence-electron chi connectivity index (χ0n) is 8.95. The van der Waals surface area contributed by atoms with Gasteiger partial charge >= 0.3 is 10.2 Å². The van der Waals surface area contributed by atoms with E-state index in [4.69, 9.17) is 0 Å². The Morgan fingerprint density at radius 2 is 1.89 bits per heavy atom. The highest BCUT2D eigenvalue weighted by Crippen LogP contribution is 1.98. The maximum Gasteiger partial charge on any atom is 0.396 e. The number of pyridine rings is 1. The van der Waals surface area contributed by atoms with Crippen LogP contribution in [0.4, 0.5) is 4.79 Å². The molecule has 0 atom stereocenters. The number of amides is 1. The van der Waals surface area contributed by atoms with E-state index in [1.165, 1.54) is 36.8 Å². The fraction of sp³-hybridized carbons (Fsp3) is 0. The van der Waals surface area contributed by atoms with E-state index in [2.05, 4.69) is 5.10 Å². The Hall–Kier alpha value is -2.42. The van der Waals surface area contributed by atoms with Crippen molar-refractivity contribution in [3.8, 4) is 0 Å². The molecular formula is C9H8N4O4S. The van der Waals surface area contributed by atoms with Gasteiger partial charge < -0.3 is 9.90 Å². The Labute approximate surface area is 102 Å². The first-order chi connectivity index (χ1) is 8.53. The summed E-state index contributed by atoms with van der Waals surface area (Å²) in [7, 11) is -4.37. The Morgan fingerprint density at radius 3 is 2.39 bits per heavy atom. The second kappa shape index (κ2) is 4.45. The molecule has 0 bridgehead atoms. The number of carbonyl (C=O) groups excluding carboxylic acids is 1. The van der Waals surface area contributed by atoms with E-state index in [9.17, 15) is 18.3 Å². The molecule has 2 aromatic heterocycles. The first kappa shape index (κ1) is 12.0. The van der Waals surface area contributed by atoms with Gasteiger partial charge in [0.2, 0.25) is 18.5 Å². The minimum absolute atomic E-state index is 0.0694. The first-order valence-electron chi connectivity index (χ1n) is 4.76. The molecule has 94 valence electrons. The van der Waals surface area contributed by atoms with E-state index in [-0.39, 0.29) is 4.41 Å². The molecule has 0 aliphatic carbocycles. The molecule has 0 unspecified atom stereocenters. The lowest BCUT2D eigenvalue weighted by Crippen LogP contribution is -2.67. The molecule has 0 saturated carbocycles. The highest BCUT2D eigenvalue weighted by Gasteiger charge is 2.32. The van der Waals surface area contributed by atoms with Crippen LogP contribution in [0.1, 0.15) is 0 Å². The SMILES string of the molecule is O=C([O-])N([n+]1ccccc1)S(=O)(=O)n1cccn1. The number of hydrogen-bond donors (Lipinski definition) is 0. The van der Waals surface area contributed by atoms with Crippen LogP contribution in [0.25, 0.3) is 0 Å². The minimum atomic E-state index is -4.37. The number of carbonyl (C=O) groups is 1. The number of hydrogen-bond acceptors (Lipinski definition) is 5. The van der Waals surface area contributed by atoms with Gasteiger partial charge in [-0.2, -0.15) is 13.5 Å². The van der Waals surface area contributed by atoms with Crippen molar-refractivity contribution in [2.24, 2.45) is 0 Å². The third-order valence-corrected chi connectivity index (χ3v) is 3.46. The third kappa shape index (κ3) is 2.02. The zero-order valence-corrected chi connectivity index (χ0v) is 9.77. The molecule has 8 nitrogen and oxygen atoms in total. The zero-order chi connectivity index (χ0) is 13.2. The van der Waals surface area contributed by atoms with E-state index in [1.807, 2.05) is 0 Å². The predicted molar refractivity (Wildman–Crippen MR) is 56.8 cm³/mol. The van der Waals surface area contributed by atoms with Crippen molar-refractivity contribution in [3.63, 3.8) is 0 Å². The summed E-state index contributed by atoms with van der Waals surface area (Å²) in [5.41, 5.74) is 0. The van der Waals surface area contributed by atoms with Gasteiger partial charge in [0.25, 0.3) is 0 Å². The van der Waals surface area contributed by atoms with E-state index >= 15 is 0 Å². The summed E-state index contributed by atoms with van der Waals surface area (Å²) in [6.07, 6.45) is 2.98. The molecule has 0 N–H and O–H groups in total. The topological polar surface area (TPSA) is 99.2 Å². The number of nitrogens with zero attached hydrogens (tertiary/aromatic N) is 4. The van der Waals surface area contributed by atoms with E-state index in [0.717, 1.165) is 10.9 Å². The van der Waals surface area contributed by atoms with Crippen LogP contribution in [0.2, 0.25) is 0 Å². The normalized spacial score (nSPS) is 11.1. The second-order valence-electron chi connectivity index (χ2n) is 3.15. The highest BCUT2D eigenvalue weighted by atomic mass is 32.2. The van der Waals surface area contributed by atoms with Crippen LogP contribution in [0.5, 0.6) is 0 Å². The minimum Gasteiger partial charge on any atom is -0.525 e. The molecule has 9 heteroatoms. The van der Waals surface area contributed by atoms with Crippen LogP contribution in [-0.4, -0.2) is 23.7 Å². The van der Waals surface area contributed by atoms with Gasteiger partial charge in [0.15, 0.2) is 0 Å². The molecular weight excluding hydrogens is 260 g/mol. The number of carboxylic acid groups (broad SMARTS) is 1. The maximum absolute atomic E-state index is 12.0. The maximum atomic E-state index is 12.0. The lowest BCUT2D eigenvalue weighted by atomic mass is 10.5. The van der Waals surface area contributed by atoms with Crippen molar-refractivity contribution in [2.45, 2.75) is 0 Å². The van der Waals surface area contributed by atoms with Gasteiger partial charge in [-0.15, -0.1) is 4.09 Å². The summed E-state index contributed by atoms with van der Waals surface area (Å²) in [6, 6.07) is 5.94. The first-order valence-corrected chi connectivity index (χ1v) is 6.16. The molecule has 0 aromatic carbocycles. The molecule has 0 radical (unpaired) electrons. The summed E-state index contributed by atoms with van der Waals surface area (Å²) in [5, 5.41) is 14.5. The largest absolute Gasteiger partial charge is 0.525 e. The Morgan fingerprint density at radius 1 is 1.22 bits per heavy atom. The summed E-state index contributed by atoms with van der Waals surface area (Å²) >= 11 is 0. The summed E-state index contributed by atoms with van der Waals surface area (Å²) in [6.45, 7) is 0. The molecule has 2 rings (SSSR count). The van der Waals surface area contributed by atoms with E-state index < -0.39 is 16.3 Å². The average Bonchev–Trinajstić information content (AvgIpc) is 2.83. The predicted octanol–water partition coefficient (Wildman–Crippen LogP) is -1.75. The molecule has 0 aliphatic heterocycles. The standard InChI is InChI=1S/C9H8N4O4S/c14-9(15)13(11-6-2-1-3-7-11)18(16,17)12-8-4-5-10-12/h1-8H. The molecule has 2 aromatic rings. The fourth-order valence-corrected chi connectivity index (χ4v) is 2.38. The van der Waals surface area contributed by atoms with Gasteiger partial charge in [0, 0.05) is 22.7 Å². The van der Waals surface area contributed by atoms with Crippen molar-refractivity contribution in [1.82, 2.24) is 9.19 Å². The molecule has 18 heavy (non-hydrogen) atoms. The fourth-order valence-electron chi connectivity index (χ4n) is 1.29. The molecule has 0 aliphatic rings. The van der Waals surface area contributed by atoms with Crippen molar-refractivity contribution in [3.05, 3.63) is 49.1 Å². The lowest BCUT2D eigenvalue weighted by Gasteiger charge is -2.16. The van der Waals surface area contributed by atoms with Crippen molar-refractivity contribution < 1.29 is 23.0 Å². The molecule has 2 heterocycles. The number of rotatable bonds is 3. The monoisotopic (exact) mass is 268 g/mol. The van der Waals surface area contributed by atoms with Gasteiger partial charge in [-0.3, -0.25) is 0 Å². The highest BCUT2D eigenvalue weighted by molar-refractivity contribution is 7.91. The van der Waals surface area contributed by atoms with Gasteiger partial charge in [-0.05, 0) is 6.07 Å². The van der Waals surface area contributed by atoms with Crippen LogP contribution < -0.4 is 14.2 Å². The Bertz CT molecular complexity index is 638. The Balaban J connectivity index is 2.54. The summed E-state index contributed by atoms with van der Waals surface area (Å²) in [4.78, 5) is 11.0. The van der Waals surface area contributed by atoms with Gasteiger partial charge in [0.1, 0.15) is 0 Å².